The Bertz CT molecular complexity index is 1020. The molecule has 0 saturated heterocycles. The number of hydrogen-bond donors (Lipinski definition) is 1. The third-order valence-corrected chi connectivity index (χ3v) is 6.00. The predicted octanol–water partition coefficient (Wildman–Crippen LogP) is 4.15. The molecular formula is C22H21NO3S. The highest BCUT2D eigenvalue weighted by Gasteiger charge is 2.17. The first-order chi connectivity index (χ1) is 13.0. The van der Waals surface area contributed by atoms with Crippen molar-refractivity contribution in [2.75, 3.05) is 0 Å². The molecule has 3 aromatic rings. The molecule has 3 aromatic carbocycles. The molecule has 0 aliphatic carbocycles. The lowest BCUT2D eigenvalue weighted by molar-refractivity contribution is 0.0939. The molecule has 0 bridgehead atoms. The summed E-state index contributed by atoms with van der Waals surface area (Å²) in [6.45, 7) is 1.91. The van der Waals surface area contributed by atoms with Crippen LogP contribution in [0.4, 0.5) is 0 Å². The number of hydrogen-bond acceptors (Lipinski definition) is 3. The van der Waals surface area contributed by atoms with Crippen molar-refractivity contribution >= 4 is 15.7 Å². The Labute approximate surface area is 159 Å². The molecule has 1 N–H and O–H groups in total. The summed E-state index contributed by atoms with van der Waals surface area (Å²) in [6.07, 6.45) is 0. The highest BCUT2D eigenvalue weighted by molar-refractivity contribution is 7.90. The first-order valence-electron chi connectivity index (χ1n) is 8.68. The average Bonchev–Trinajstić information content (AvgIpc) is 2.69. The van der Waals surface area contributed by atoms with Crippen LogP contribution in [0, 0.1) is 0 Å². The normalized spacial score (nSPS) is 12.3. The summed E-state index contributed by atoms with van der Waals surface area (Å²) in [5, 5.41) is 2.95. The molecule has 1 unspecified atom stereocenters. The molecule has 0 aliphatic rings. The molecule has 0 spiro atoms. The van der Waals surface area contributed by atoms with E-state index in [1.807, 2.05) is 37.3 Å². The highest BCUT2D eigenvalue weighted by atomic mass is 32.2. The van der Waals surface area contributed by atoms with Gasteiger partial charge in [-0.1, -0.05) is 60.7 Å². The lowest BCUT2D eigenvalue weighted by atomic mass is 10.1. The first-order valence-corrected chi connectivity index (χ1v) is 10.3. The molecule has 0 heterocycles. The standard InChI is InChI=1S/C22H21NO3S/c1-17(19-10-4-2-5-11-19)23-22(24)20-12-8-9-18(15-20)16-27(25,26)21-13-6-3-7-14-21/h2-15,17H,16H2,1H3,(H,23,24). The molecule has 1 atom stereocenters. The number of amides is 1. The van der Waals surface area contributed by atoms with Gasteiger partial charge in [0.1, 0.15) is 0 Å². The fourth-order valence-corrected chi connectivity index (χ4v) is 4.19. The van der Waals surface area contributed by atoms with Gasteiger partial charge in [-0.15, -0.1) is 0 Å². The largest absolute Gasteiger partial charge is 0.346 e. The molecule has 27 heavy (non-hydrogen) atoms. The fourth-order valence-electron chi connectivity index (χ4n) is 2.84. The van der Waals surface area contributed by atoms with Crippen LogP contribution in [0.25, 0.3) is 0 Å². The van der Waals surface area contributed by atoms with E-state index in [0.29, 0.717) is 11.1 Å². The maximum atomic E-state index is 12.6. The van der Waals surface area contributed by atoms with E-state index in [1.54, 1.807) is 54.6 Å². The van der Waals surface area contributed by atoms with Crippen LogP contribution in [-0.4, -0.2) is 14.3 Å². The van der Waals surface area contributed by atoms with E-state index in [1.165, 1.54) is 0 Å². The molecule has 0 fully saturated rings. The summed E-state index contributed by atoms with van der Waals surface area (Å²) < 4.78 is 25.1. The van der Waals surface area contributed by atoms with Gasteiger partial charge in [0.25, 0.3) is 5.91 Å². The van der Waals surface area contributed by atoms with Crippen molar-refractivity contribution in [2.45, 2.75) is 23.6 Å². The molecule has 0 saturated carbocycles. The predicted molar refractivity (Wildman–Crippen MR) is 106 cm³/mol. The van der Waals surface area contributed by atoms with Gasteiger partial charge >= 0.3 is 0 Å². The highest BCUT2D eigenvalue weighted by Crippen LogP contribution is 2.18. The molecule has 4 nitrogen and oxygen atoms in total. The van der Waals surface area contributed by atoms with Crippen LogP contribution in [0.3, 0.4) is 0 Å². The SMILES string of the molecule is CC(NC(=O)c1cccc(CS(=O)(=O)c2ccccc2)c1)c1ccccc1. The van der Waals surface area contributed by atoms with Gasteiger partial charge in [0.05, 0.1) is 16.7 Å². The molecule has 0 aliphatic heterocycles. The van der Waals surface area contributed by atoms with Crippen LogP contribution < -0.4 is 5.32 Å². The second-order valence-corrected chi connectivity index (χ2v) is 8.37. The molecule has 1 amide bonds. The minimum Gasteiger partial charge on any atom is -0.346 e. The lowest BCUT2D eigenvalue weighted by Gasteiger charge is -2.14. The third-order valence-electron chi connectivity index (χ3n) is 4.30. The van der Waals surface area contributed by atoms with Crippen molar-refractivity contribution in [1.82, 2.24) is 5.32 Å². The zero-order valence-corrected chi connectivity index (χ0v) is 15.8. The van der Waals surface area contributed by atoms with Crippen molar-refractivity contribution in [3.8, 4) is 0 Å². The Morgan fingerprint density at radius 2 is 1.52 bits per heavy atom. The van der Waals surface area contributed by atoms with Gasteiger partial charge in [-0.2, -0.15) is 0 Å². The molecule has 138 valence electrons. The van der Waals surface area contributed by atoms with Crippen molar-refractivity contribution < 1.29 is 13.2 Å². The molecule has 0 radical (unpaired) electrons. The van der Waals surface area contributed by atoms with Gasteiger partial charge in [-0.05, 0) is 42.3 Å². The number of rotatable bonds is 6. The van der Waals surface area contributed by atoms with Gasteiger partial charge in [0.2, 0.25) is 0 Å². The number of carbonyl (C=O) groups excluding carboxylic acids is 1. The van der Waals surface area contributed by atoms with Crippen LogP contribution in [0.15, 0.2) is 89.8 Å². The molecular weight excluding hydrogens is 358 g/mol. The van der Waals surface area contributed by atoms with E-state index in [4.69, 9.17) is 0 Å². The minimum atomic E-state index is -3.45. The van der Waals surface area contributed by atoms with E-state index in [2.05, 4.69) is 5.32 Å². The number of benzene rings is 3. The van der Waals surface area contributed by atoms with Gasteiger partial charge < -0.3 is 5.32 Å². The molecule has 0 aromatic heterocycles. The summed E-state index contributed by atoms with van der Waals surface area (Å²) in [5.41, 5.74) is 2.03. The number of sulfone groups is 1. The monoisotopic (exact) mass is 379 g/mol. The van der Waals surface area contributed by atoms with Gasteiger partial charge in [-0.3, -0.25) is 4.79 Å². The number of nitrogens with one attached hydrogen (secondary N) is 1. The van der Waals surface area contributed by atoms with E-state index < -0.39 is 9.84 Å². The van der Waals surface area contributed by atoms with Crippen LogP contribution >= 0.6 is 0 Å². The van der Waals surface area contributed by atoms with E-state index in [0.717, 1.165) is 5.56 Å². The summed E-state index contributed by atoms with van der Waals surface area (Å²) in [7, 11) is -3.45. The molecule has 3 rings (SSSR count). The average molecular weight is 379 g/mol. The second-order valence-electron chi connectivity index (χ2n) is 6.38. The fraction of sp³-hybridized carbons (Fsp3) is 0.136. The zero-order valence-electron chi connectivity index (χ0n) is 15.0. The lowest BCUT2D eigenvalue weighted by Crippen LogP contribution is -2.26. The van der Waals surface area contributed by atoms with Gasteiger partial charge in [0, 0.05) is 5.56 Å². The summed E-state index contributed by atoms with van der Waals surface area (Å²) in [5.74, 6) is -0.378. The minimum absolute atomic E-state index is 0.143. The van der Waals surface area contributed by atoms with Crippen LogP contribution in [-0.2, 0) is 15.6 Å². The number of carbonyl (C=O) groups is 1. The smallest absolute Gasteiger partial charge is 0.251 e. The van der Waals surface area contributed by atoms with Crippen molar-refractivity contribution in [2.24, 2.45) is 0 Å². The zero-order chi connectivity index (χ0) is 19.3. The van der Waals surface area contributed by atoms with Crippen molar-refractivity contribution in [3.05, 3.63) is 102 Å². The van der Waals surface area contributed by atoms with Crippen molar-refractivity contribution in [1.29, 1.82) is 0 Å². The van der Waals surface area contributed by atoms with Crippen LogP contribution in [0.1, 0.15) is 34.5 Å². The maximum Gasteiger partial charge on any atom is 0.251 e. The summed E-state index contributed by atoms with van der Waals surface area (Å²) in [6, 6.07) is 24.6. The second kappa shape index (κ2) is 8.18. The topological polar surface area (TPSA) is 63.2 Å². The van der Waals surface area contributed by atoms with Crippen molar-refractivity contribution in [3.63, 3.8) is 0 Å². The van der Waals surface area contributed by atoms with Gasteiger partial charge in [0.15, 0.2) is 9.84 Å². The maximum absolute atomic E-state index is 12.6. The third kappa shape index (κ3) is 4.83. The Morgan fingerprint density at radius 3 is 2.19 bits per heavy atom. The Hall–Kier alpha value is -2.92. The van der Waals surface area contributed by atoms with E-state index in [-0.39, 0.29) is 22.6 Å². The Morgan fingerprint density at radius 1 is 0.889 bits per heavy atom. The quantitative estimate of drug-likeness (QED) is 0.700. The van der Waals surface area contributed by atoms with Gasteiger partial charge in [-0.25, -0.2) is 8.42 Å². The van der Waals surface area contributed by atoms with E-state index in [9.17, 15) is 13.2 Å². The summed E-state index contributed by atoms with van der Waals surface area (Å²) >= 11 is 0. The van der Waals surface area contributed by atoms with Crippen LogP contribution in [0.5, 0.6) is 0 Å². The first kappa shape index (κ1) is 18.9. The van der Waals surface area contributed by atoms with E-state index >= 15 is 0 Å². The summed E-state index contributed by atoms with van der Waals surface area (Å²) in [4.78, 5) is 12.8. The molecule has 5 heteroatoms. The Kier molecular flexibility index (Phi) is 5.72. The Balaban J connectivity index is 1.74. The van der Waals surface area contributed by atoms with Crippen LogP contribution in [0.2, 0.25) is 0 Å².